The minimum absolute atomic E-state index is 0.0907. The maximum Gasteiger partial charge on any atom is 0.416 e. The maximum absolute atomic E-state index is 14.0. The van der Waals surface area contributed by atoms with Crippen molar-refractivity contribution in [3.8, 4) is 0 Å². The van der Waals surface area contributed by atoms with Gasteiger partial charge in [-0.2, -0.15) is 13.2 Å². The zero-order chi connectivity index (χ0) is 31.5. The molecule has 2 amide bonds. The van der Waals surface area contributed by atoms with E-state index < -0.39 is 57.4 Å². The highest BCUT2D eigenvalue weighted by Gasteiger charge is 2.36. The molecule has 42 heavy (non-hydrogen) atoms. The topological polar surface area (TPSA) is 86.8 Å². The van der Waals surface area contributed by atoms with Crippen LogP contribution in [0.1, 0.15) is 38.8 Å². The molecule has 1 N–H and O–H groups in total. The van der Waals surface area contributed by atoms with Gasteiger partial charge in [0.2, 0.25) is 11.8 Å². The Morgan fingerprint density at radius 1 is 0.976 bits per heavy atom. The van der Waals surface area contributed by atoms with Crippen molar-refractivity contribution < 1.29 is 31.2 Å². The van der Waals surface area contributed by atoms with Gasteiger partial charge in [0.25, 0.3) is 10.0 Å². The largest absolute Gasteiger partial charge is 0.416 e. The van der Waals surface area contributed by atoms with E-state index in [1.165, 1.54) is 36.1 Å². The zero-order valence-electron chi connectivity index (χ0n) is 23.2. The number of anilines is 1. The second-order valence-corrected chi connectivity index (χ2v) is 13.7. The number of alkyl halides is 3. The fourth-order valence-corrected chi connectivity index (χ4v) is 6.16. The highest BCUT2D eigenvalue weighted by Crippen LogP contribution is 2.37. The summed E-state index contributed by atoms with van der Waals surface area (Å²) in [6.45, 7) is 5.77. The van der Waals surface area contributed by atoms with Gasteiger partial charge in [0.15, 0.2) is 0 Å². The molecule has 1 atom stereocenters. The average molecular weight is 689 g/mol. The van der Waals surface area contributed by atoms with Gasteiger partial charge in [0, 0.05) is 16.6 Å². The lowest BCUT2D eigenvalue weighted by molar-refractivity contribution is -0.140. The summed E-state index contributed by atoms with van der Waals surface area (Å²) in [4.78, 5) is 28.0. The summed E-state index contributed by atoms with van der Waals surface area (Å²) in [6, 6.07) is 15.1. The van der Waals surface area contributed by atoms with E-state index in [1.807, 2.05) is 0 Å². The average Bonchev–Trinajstić information content (AvgIpc) is 2.89. The minimum atomic E-state index is -4.81. The number of hydrogen-bond donors (Lipinski definition) is 1. The first-order chi connectivity index (χ1) is 19.4. The van der Waals surface area contributed by atoms with Crippen molar-refractivity contribution in [1.29, 1.82) is 0 Å². The molecule has 0 spiro atoms. The molecular weight excluding hydrogens is 659 g/mol. The zero-order valence-corrected chi connectivity index (χ0v) is 26.4. The van der Waals surface area contributed by atoms with E-state index in [0.29, 0.717) is 20.4 Å². The van der Waals surface area contributed by atoms with Gasteiger partial charge in [0.1, 0.15) is 12.6 Å². The summed E-state index contributed by atoms with van der Waals surface area (Å²) in [6.07, 6.45) is -4.81. The summed E-state index contributed by atoms with van der Waals surface area (Å²) in [5, 5.41) is 2.49. The molecule has 3 aromatic carbocycles. The molecule has 0 saturated heterocycles. The third-order valence-corrected chi connectivity index (χ3v) is 8.65. The van der Waals surface area contributed by atoms with Crippen molar-refractivity contribution in [2.75, 3.05) is 10.8 Å². The summed E-state index contributed by atoms with van der Waals surface area (Å²) >= 11 is 9.63. The van der Waals surface area contributed by atoms with Gasteiger partial charge >= 0.3 is 6.18 Å². The Balaban J connectivity index is 2.14. The molecule has 3 aromatic rings. The van der Waals surface area contributed by atoms with Gasteiger partial charge in [-0.05, 0) is 75.7 Å². The van der Waals surface area contributed by atoms with E-state index in [9.17, 15) is 31.2 Å². The summed E-state index contributed by atoms with van der Waals surface area (Å²) in [5.74, 6) is -1.33. The molecule has 0 fully saturated rings. The summed E-state index contributed by atoms with van der Waals surface area (Å²) < 4.78 is 69.8. The number of nitrogens with zero attached hydrogens (tertiary/aromatic N) is 2. The van der Waals surface area contributed by atoms with Gasteiger partial charge in [0.05, 0.1) is 21.2 Å². The van der Waals surface area contributed by atoms with Crippen LogP contribution in [0.3, 0.4) is 0 Å². The van der Waals surface area contributed by atoms with Gasteiger partial charge in [-0.1, -0.05) is 57.9 Å². The lowest BCUT2D eigenvalue weighted by Gasteiger charge is -2.33. The molecule has 226 valence electrons. The highest BCUT2D eigenvalue weighted by atomic mass is 79.9. The molecule has 0 saturated carbocycles. The fraction of sp³-hybridized carbons (Fsp3) is 0.310. The molecule has 0 aliphatic rings. The Bertz CT molecular complexity index is 1550. The van der Waals surface area contributed by atoms with Crippen LogP contribution in [-0.2, 0) is 32.3 Å². The predicted molar refractivity (Wildman–Crippen MR) is 159 cm³/mol. The van der Waals surface area contributed by atoms with E-state index in [-0.39, 0.29) is 16.5 Å². The molecule has 0 aliphatic heterocycles. The monoisotopic (exact) mass is 687 g/mol. The Morgan fingerprint density at radius 2 is 1.62 bits per heavy atom. The summed E-state index contributed by atoms with van der Waals surface area (Å²) in [7, 11) is -4.60. The molecule has 0 heterocycles. The summed E-state index contributed by atoms with van der Waals surface area (Å²) in [5.41, 5.74) is -1.68. The van der Waals surface area contributed by atoms with Crippen LogP contribution in [0.4, 0.5) is 18.9 Å². The van der Waals surface area contributed by atoms with Crippen molar-refractivity contribution in [3.05, 3.63) is 93.4 Å². The fourth-order valence-electron chi connectivity index (χ4n) is 4.00. The third kappa shape index (κ3) is 8.48. The number of rotatable bonds is 9. The molecule has 0 radical (unpaired) electrons. The lowest BCUT2D eigenvalue weighted by Crippen LogP contribution is -2.54. The highest BCUT2D eigenvalue weighted by molar-refractivity contribution is 9.10. The van der Waals surface area contributed by atoms with E-state index in [0.717, 1.165) is 12.1 Å². The van der Waals surface area contributed by atoms with E-state index >= 15 is 0 Å². The number of nitrogens with one attached hydrogen (secondary N) is 1. The second kappa shape index (κ2) is 13.0. The molecule has 13 heteroatoms. The van der Waals surface area contributed by atoms with Crippen LogP contribution < -0.4 is 9.62 Å². The van der Waals surface area contributed by atoms with Gasteiger partial charge in [-0.15, -0.1) is 0 Å². The number of benzene rings is 3. The Kier molecular flexibility index (Phi) is 10.4. The van der Waals surface area contributed by atoms with Crippen molar-refractivity contribution in [2.45, 2.75) is 56.9 Å². The van der Waals surface area contributed by atoms with Crippen LogP contribution in [0.15, 0.2) is 82.2 Å². The van der Waals surface area contributed by atoms with E-state index in [1.54, 1.807) is 51.1 Å². The molecule has 7 nitrogen and oxygen atoms in total. The molecule has 3 rings (SSSR count). The normalized spacial score (nSPS) is 12.9. The van der Waals surface area contributed by atoms with Crippen molar-refractivity contribution >= 4 is 55.1 Å². The minimum Gasteiger partial charge on any atom is -0.350 e. The quantitative estimate of drug-likeness (QED) is 0.273. The number of amides is 2. The van der Waals surface area contributed by atoms with Gasteiger partial charge in [-0.25, -0.2) is 8.42 Å². The van der Waals surface area contributed by atoms with Gasteiger partial charge in [-0.3, -0.25) is 13.9 Å². The van der Waals surface area contributed by atoms with Crippen LogP contribution in [0.5, 0.6) is 0 Å². The van der Waals surface area contributed by atoms with Crippen LogP contribution in [0.25, 0.3) is 0 Å². The number of carbonyl (C=O) groups is 2. The first-order valence-electron chi connectivity index (χ1n) is 12.7. The lowest BCUT2D eigenvalue weighted by atomic mass is 10.1. The Labute approximate surface area is 256 Å². The first kappa shape index (κ1) is 33.4. The van der Waals surface area contributed by atoms with Gasteiger partial charge < -0.3 is 10.2 Å². The molecule has 0 bridgehead atoms. The number of carbonyl (C=O) groups excluding carboxylic acids is 2. The molecule has 0 aromatic heterocycles. The van der Waals surface area contributed by atoms with Crippen molar-refractivity contribution in [2.24, 2.45) is 0 Å². The first-order valence-corrected chi connectivity index (χ1v) is 15.3. The maximum atomic E-state index is 14.0. The predicted octanol–water partition coefficient (Wildman–Crippen LogP) is 6.65. The SMILES string of the molecule is C[C@H](C(=O)NC(C)(C)C)N(Cc1cccc(Br)c1)C(=O)CN(c1cc(C(F)(F)F)ccc1Cl)S(=O)(=O)c1ccccc1. The van der Waals surface area contributed by atoms with Crippen LogP contribution in [0.2, 0.25) is 5.02 Å². The van der Waals surface area contributed by atoms with Crippen molar-refractivity contribution in [3.63, 3.8) is 0 Å². The third-order valence-electron chi connectivity index (χ3n) is 6.06. The number of hydrogen-bond acceptors (Lipinski definition) is 4. The van der Waals surface area contributed by atoms with Crippen molar-refractivity contribution in [1.82, 2.24) is 10.2 Å². The molecule has 0 unspecified atom stereocenters. The Hall–Kier alpha value is -3.09. The van der Waals surface area contributed by atoms with Crippen LogP contribution in [0, 0.1) is 0 Å². The number of sulfonamides is 1. The molecule has 0 aliphatic carbocycles. The van der Waals surface area contributed by atoms with Crippen LogP contribution >= 0.6 is 27.5 Å². The van der Waals surface area contributed by atoms with Crippen LogP contribution in [-0.4, -0.2) is 43.3 Å². The smallest absolute Gasteiger partial charge is 0.350 e. The Morgan fingerprint density at radius 3 is 2.19 bits per heavy atom. The van der Waals surface area contributed by atoms with E-state index in [4.69, 9.17) is 11.6 Å². The van der Waals surface area contributed by atoms with E-state index in [2.05, 4.69) is 21.2 Å². The standard InChI is InChI=1S/C29H30BrClF3N3O4S/c1-19(27(39)35-28(2,3)4)36(17-20-9-8-10-22(30)15-20)26(38)18-37(42(40,41)23-11-6-5-7-12-23)25-16-21(29(32,33)34)13-14-24(25)31/h5-16,19H,17-18H2,1-4H3,(H,35,39)/t19-/m1/s1. The molecular formula is C29H30BrClF3N3O4S. The second-order valence-electron chi connectivity index (χ2n) is 10.6. The number of halogens is 5.